The first-order chi connectivity index (χ1) is 6.21. The second kappa shape index (κ2) is 2.62. The molecular formula is C4H4N6O2S. The molecule has 0 aliphatic heterocycles. The van der Waals surface area contributed by atoms with Crippen molar-refractivity contribution in [3.05, 3.63) is 25.3 Å². The van der Waals surface area contributed by atoms with E-state index in [1.54, 1.807) is 0 Å². The third-order valence-electron chi connectivity index (χ3n) is 1.27. The van der Waals surface area contributed by atoms with Crippen LogP contribution in [0.25, 0.3) is 0 Å². The third-order valence-corrected chi connectivity index (χ3v) is 2.59. The Morgan fingerprint density at radius 3 is 1.69 bits per heavy atom. The first-order valence-electron chi connectivity index (χ1n) is 3.16. The van der Waals surface area contributed by atoms with Crippen LogP contribution in [0, 0.1) is 0 Å². The van der Waals surface area contributed by atoms with Gasteiger partial charge in [-0.3, -0.25) is 0 Å². The maximum Gasteiger partial charge on any atom is 0.367 e. The fraction of sp³-hybridized carbons (Fsp3) is 0. The van der Waals surface area contributed by atoms with E-state index in [1.807, 2.05) is 0 Å². The van der Waals surface area contributed by atoms with Gasteiger partial charge in [0.15, 0.2) is 0 Å². The second-order valence-electron chi connectivity index (χ2n) is 2.04. The summed E-state index contributed by atoms with van der Waals surface area (Å²) in [6, 6.07) is 0. The predicted octanol–water partition coefficient (Wildman–Crippen LogP) is -1.49. The highest BCUT2D eigenvalue weighted by Gasteiger charge is 2.16. The zero-order chi connectivity index (χ0) is 9.31. The lowest BCUT2D eigenvalue weighted by Crippen LogP contribution is -2.22. The number of hydrogen-bond acceptors (Lipinski definition) is 6. The van der Waals surface area contributed by atoms with Crippen molar-refractivity contribution < 1.29 is 8.42 Å². The maximum atomic E-state index is 11.5. The molecule has 0 atom stereocenters. The van der Waals surface area contributed by atoms with Crippen LogP contribution in [-0.4, -0.2) is 36.8 Å². The summed E-state index contributed by atoms with van der Waals surface area (Å²) < 4.78 is 24.3. The fourth-order valence-electron chi connectivity index (χ4n) is 0.719. The highest BCUT2D eigenvalue weighted by atomic mass is 32.2. The Morgan fingerprint density at radius 1 is 0.923 bits per heavy atom. The molecule has 0 aliphatic rings. The van der Waals surface area contributed by atoms with Gasteiger partial charge in [0.05, 0.1) is 0 Å². The quantitative estimate of drug-likeness (QED) is 0.586. The summed E-state index contributed by atoms with van der Waals surface area (Å²) in [5.74, 6) is 0. The van der Waals surface area contributed by atoms with E-state index in [9.17, 15) is 8.42 Å². The summed E-state index contributed by atoms with van der Waals surface area (Å²) in [5.41, 5.74) is 0. The number of nitrogens with zero attached hydrogens (tertiary/aromatic N) is 6. The summed E-state index contributed by atoms with van der Waals surface area (Å²) in [6.07, 6.45) is 4.37. The van der Waals surface area contributed by atoms with Crippen LogP contribution < -0.4 is 0 Å². The lowest BCUT2D eigenvalue weighted by atomic mass is 11.3. The van der Waals surface area contributed by atoms with Crippen molar-refractivity contribution in [1.29, 1.82) is 0 Å². The van der Waals surface area contributed by atoms with Crippen molar-refractivity contribution in [2.24, 2.45) is 0 Å². The minimum atomic E-state index is -3.77. The summed E-state index contributed by atoms with van der Waals surface area (Å²) >= 11 is 0. The van der Waals surface area contributed by atoms with Crippen LogP contribution in [0.5, 0.6) is 0 Å². The van der Waals surface area contributed by atoms with Gasteiger partial charge in [-0.1, -0.05) is 0 Å². The molecule has 2 heterocycles. The molecule has 13 heavy (non-hydrogen) atoms. The molecule has 8 nitrogen and oxygen atoms in total. The lowest BCUT2D eigenvalue weighted by Gasteiger charge is -1.99. The number of aromatic nitrogens is 6. The molecule has 68 valence electrons. The summed E-state index contributed by atoms with van der Waals surface area (Å²) in [6.45, 7) is 0. The van der Waals surface area contributed by atoms with E-state index in [4.69, 9.17) is 0 Å². The molecule has 0 unspecified atom stereocenters. The Morgan fingerprint density at radius 2 is 1.38 bits per heavy atom. The Hall–Kier alpha value is -1.77. The van der Waals surface area contributed by atoms with Gasteiger partial charge in [-0.2, -0.15) is 8.42 Å². The molecule has 0 aromatic carbocycles. The normalized spacial score (nSPS) is 11.7. The van der Waals surface area contributed by atoms with E-state index in [0.29, 0.717) is 8.17 Å². The molecule has 0 aliphatic carbocycles. The Labute approximate surface area is 73.0 Å². The van der Waals surface area contributed by atoms with Crippen LogP contribution in [0.4, 0.5) is 0 Å². The van der Waals surface area contributed by atoms with Gasteiger partial charge in [0.2, 0.25) is 0 Å². The standard InChI is InChI=1S/C4H4N6O2S/c11-13(12,9-3-5-1-7-9)10-4-6-2-8-10/h1-4H. The first-order valence-corrected chi connectivity index (χ1v) is 4.56. The van der Waals surface area contributed by atoms with Gasteiger partial charge in [-0.25, -0.2) is 9.97 Å². The third kappa shape index (κ3) is 1.18. The van der Waals surface area contributed by atoms with Crippen LogP contribution in [0.1, 0.15) is 0 Å². The van der Waals surface area contributed by atoms with Crippen molar-refractivity contribution in [2.75, 3.05) is 0 Å². The van der Waals surface area contributed by atoms with Crippen LogP contribution in [0.2, 0.25) is 0 Å². The van der Waals surface area contributed by atoms with Gasteiger partial charge in [0.25, 0.3) is 0 Å². The minimum absolute atomic E-state index is 0.696. The van der Waals surface area contributed by atoms with E-state index in [1.165, 1.54) is 0 Å². The molecule has 2 aromatic rings. The summed E-state index contributed by atoms with van der Waals surface area (Å²) in [5, 5.41) is 6.95. The Kier molecular flexibility index (Phi) is 1.59. The topological polar surface area (TPSA) is 95.6 Å². The molecule has 2 rings (SSSR count). The monoisotopic (exact) mass is 200 g/mol. The van der Waals surface area contributed by atoms with E-state index in [0.717, 1.165) is 25.3 Å². The lowest BCUT2D eigenvalue weighted by molar-refractivity contribution is 0.563. The minimum Gasteiger partial charge on any atom is -0.222 e. The summed E-state index contributed by atoms with van der Waals surface area (Å²) in [4.78, 5) is 7.02. The molecule has 9 heteroatoms. The van der Waals surface area contributed by atoms with E-state index < -0.39 is 10.2 Å². The van der Waals surface area contributed by atoms with Crippen LogP contribution in [-0.2, 0) is 10.2 Å². The molecule has 0 spiro atoms. The molecule has 0 amide bonds. The first kappa shape index (κ1) is 7.86. The fourth-order valence-corrected chi connectivity index (χ4v) is 1.56. The number of hydrogen-bond donors (Lipinski definition) is 0. The Bertz CT molecular complexity index is 430. The van der Waals surface area contributed by atoms with Crippen LogP contribution in [0.3, 0.4) is 0 Å². The predicted molar refractivity (Wildman–Crippen MR) is 39.8 cm³/mol. The van der Waals surface area contributed by atoms with Crippen LogP contribution >= 0.6 is 0 Å². The van der Waals surface area contributed by atoms with Gasteiger partial charge in [-0.05, 0) is 0 Å². The van der Waals surface area contributed by atoms with E-state index in [-0.39, 0.29) is 0 Å². The zero-order valence-corrected chi connectivity index (χ0v) is 7.03. The second-order valence-corrected chi connectivity index (χ2v) is 3.69. The van der Waals surface area contributed by atoms with Crippen molar-refractivity contribution in [3.63, 3.8) is 0 Å². The molecule has 0 N–H and O–H groups in total. The highest BCUT2D eigenvalue weighted by molar-refractivity contribution is 7.88. The molecule has 0 radical (unpaired) electrons. The molecule has 0 fully saturated rings. The molecule has 0 saturated heterocycles. The van der Waals surface area contributed by atoms with Crippen molar-refractivity contribution >= 4 is 10.2 Å². The highest BCUT2D eigenvalue weighted by Crippen LogP contribution is 1.94. The smallest absolute Gasteiger partial charge is 0.222 e. The van der Waals surface area contributed by atoms with Crippen molar-refractivity contribution in [3.8, 4) is 0 Å². The SMILES string of the molecule is O=S(=O)(n1cncn1)n1cncn1. The van der Waals surface area contributed by atoms with E-state index >= 15 is 0 Å². The molecule has 0 bridgehead atoms. The van der Waals surface area contributed by atoms with Gasteiger partial charge in [0, 0.05) is 0 Å². The van der Waals surface area contributed by atoms with Gasteiger partial charge >= 0.3 is 10.2 Å². The van der Waals surface area contributed by atoms with Crippen LogP contribution in [0.15, 0.2) is 25.3 Å². The van der Waals surface area contributed by atoms with Crippen molar-refractivity contribution in [2.45, 2.75) is 0 Å². The largest absolute Gasteiger partial charge is 0.367 e. The average Bonchev–Trinajstić information content (AvgIpc) is 2.78. The maximum absolute atomic E-state index is 11.5. The number of rotatable bonds is 2. The van der Waals surface area contributed by atoms with E-state index in [2.05, 4.69) is 20.2 Å². The Balaban J connectivity index is 2.56. The molecule has 2 aromatic heterocycles. The molecular weight excluding hydrogens is 196 g/mol. The zero-order valence-electron chi connectivity index (χ0n) is 6.22. The van der Waals surface area contributed by atoms with Gasteiger partial charge in [-0.15, -0.1) is 18.4 Å². The van der Waals surface area contributed by atoms with Gasteiger partial charge < -0.3 is 0 Å². The average molecular weight is 200 g/mol. The van der Waals surface area contributed by atoms with Gasteiger partial charge in [0.1, 0.15) is 25.3 Å². The van der Waals surface area contributed by atoms with Crippen molar-refractivity contribution in [1.82, 2.24) is 28.3 Å². The molecule has 0 saturated carbocycles. The summed E-state index contributed by atoms with van der Waals surface area (Å²) in [7, 11) is -3.77.